The van der Waals surface area contributed by atoms with E-state index in [2.05, 4.69) is 16.2 Å². The zero-order valence-electron chi connectivity index (χ0n) is 15.3. The van der Waals surface area contributed by atoms with E-state index in [1.54, 1.807) is 12.1 Å². The minimum absolute atomic E-state index is 0.119. The molecule has 2 aromatic carbocycles. The van der Waals surface area contributed by atoms with Crippen molar-refractivity contribution < 1.29 is 26.4 Å². The maximum absolute atomic E-state index is 12.5. The number of hydrogen-bond acceptors (Lipinski definition) is 5. The second-order valence-corrected chi connectivity index (χ2v) is 8.84. The molecule has 1 aliphatic heterocycles. The van der Waals surface area contributed by atoms with Gasteiger partial charge in [-0.2, -0.15) is 13.2 Å². The van der Waals surface area contributed by atoms with Crippen LogP contribution in [-0.2, 0) is 14.8 Å². The highest BCUT2D eigenvalue weighted by atomic mass is 35.5. The summed E-state index contributed by atoms with van der Waals surface area (Å²) in [5.74, 6) is -0.349. The van der Waals surface area contributed by atoms with E-state index < -0.39 is 28.8 Å². The summed E-state index contributed by atoms with van der Waals surface area (Å²) in [4.78, 5) is 12.1. The molecule has 2 unspecified atom stereocenters. The number of amides is 1. The van der Waals surface area contributed by atoms with Crippen molar-refractivity contribution in [3.8, 4) is 0 Å². The Morgan fingerprint density at radius 3 is 2.47 bits per heavy atom. The maximum atomic E-state index is 12.5. The predicted molar refractivity (Wildman–Crippen MR) is 105 cm³/mol. The summed E-state index contributed by atoms with van der Waals surface area (Å²) in [5, 5.41) is 3.22. The van der Waals surface area contributed by atoms with Crippen LogP contribution >= 0.6 is 11.6 Å². The maximum Gasteiger partial charge on any atom is 0.402 e. The molecular formula is C18H18ClF3N4O3S. The fourth-order valence-corrected chi connectivity index (χ4v) is 4.09. The van der Waals surface area contributed by atoms with Crippen LogP contribution in [0.15, 0.2) is 53.4 Å². The number of hydrogen-bond donors (Lipinski definition) is 4. The third kappa shape index (κ3) is 5.92. The van der Waals surface area contributed by atoms with E-state index in [0.717, 1.165) is 17.7 Å². The van der Waals surface area contributed by atoms with Gasteiger partial charge < -0.3 is 5.32 Å². The average Bonchev–Trinajstić information content (AvgIpc) is 3.17. The number of rotatable bonds is 6. The number of benzene rings is 2. The predicted octanol–water partition coefficient (Wildman–Crippen LogP) is 2.73. The Morgan fingerprint density at radius 1 is 1.13 bits per heavy atom. The Bertz CT molecular complexity index is 1020. The standard InChI is InChI=1S/C18H18ClF3N4O3S/c19-12-3-1-2-11(8-12)15-9-16(26-25-15)17(27)24-13-4-6-14(7-5-13)30(28,29)23-10-18(20,21)22/h1-8,15-16,23,25-26H,9-10H2,(H,24,27). The Hall–Kier alpha value is -2.18. The molecule has 1 fully saturated rings. The van der Waals surface area contributed by atoms with E-state index in [-0.39, 0.29) is 16.8 Å². The van der Waals surface area contributed by atoms with E-state index >= 15 is 0 Å². The van der Waals surface area contributed by atoms with E-state index in [1.165, 1.54) is 16.9 Å². The minimum atomic E-state index is -4.66. The van der Waals surface area contributed by atoms with Crippen molar-refractivity contribution >= 4 is 33.2 Å². The SMILES string of the molecule is O=C(Nc1ccc(S(=O)(=O)NCC(F)(F)F)cc1)C1CC(c2cccc(Cl)c2)NN1. The van der Waals surface area contributed by atoms with Gasteiger partial charge in [0, 0.05) is 16.8 Å². The van der Waals surface area contributed by atoms with Crippen LogP contribution in [0, 0.1) is 0 Å². The molecule has 0 aliphatic carbocycles. The molecule has 3 rings (SSSR count). The highest BCUT2D eigenvalue weighted by Crippen LogP contribution is 2.25. The molecule has 0 saturated carbocycles. The van der Waals surface area contributed by atoms with E-state index in [9.17, 15) is 26.4 Å². The summed E-state index contributed by atoms with van der Waals surface area (Å²) < 4.78 is 61.9. The molecule has 0 bridgehead atoms. The molecule has 1 heterocycles. The quantitative estimate of drug-likeness (QED) is 0.529. The third-order valence-electron chi connectivity index (χ3n) is 4.37. The van der Waals surface area contributed by atoms with Crippen LogP contribution in [0.1, 0.15) is 18.0 Å². The second kappa shape index (κ2) is 8.90. The van der Waals surface area contributed by atoms with Crippen molar-refractivity contribution in [3.05, 3.63) is 59.1 Å². The molecule has 7 nitrogen and oxygen atoms in total. The molecular weight excluding hydrogens is 445 g/mol. The van der Waals surface area contributed by atoms with Crippen molar-refractivity contribution in [2.75, 3.05) is 11.9 Å². The van der Waals surface area contributed by atoms with Gasteiger partial charge in [0.25, 0.3) is 0 Å². The highest BCUT2D eigenvalue weighted by Gasteiger charge is 2.31. The lowest BCUT2D eigenvalue weighted by Gasteiger charge is -2.12. The normalized spacial score (nSPS) is 19.6. The van der Waals surface area contributed by atoms with Crippen LogP contribution in [0.25, 0.3) is 0 Å². The molecule has 30 heavy (non-hydrogen) atoms. The van der Waals surface area contributed by atoms with Gasteiger partial charge in [-0.1, -0.05) is 23.7 Å². The van der Waals surface area contributed by atoms with E-state index in [1.807, 2.05) is 12.1 Å². The molecule has 0 aromatic heterocycles. The van der Waals surface area contributed by atoms with Crippen LogP contribution in [0.2, 0.25) is 5.02 Å². The largest absolute Gasteiger partial charge is 0.402 e. The van der Waals surface area contributed by atoms with Crippen LogP contribution in [0.5, 0.6) is 0 Å². The number of alkyl halides is 3. The first-order chi connectivity index (χ1) is 14.0. The topological polar surface area (TPSA) is 99.3 Å². The fourth-order valence-electron chi connectivity index (χ4n) is 2.88. The summed E-state index contributed by atoms with van der Waals surface area (Å²) in [6, 6.07) is 11.4. The van der Waals surface area contributed by atoms with Gasteiger partial charge in [0.05, 0.1) is 4.90 Å². The van der Waals surface area contributed by atoms with Crippen LogP contribution < -0.4 is 20.9 Å². The number of anilines is 1. The van der Waals surface area contributed by atoms with Crippen molar-refractivity contribution in [2.24, 2.45) is 0 Å². The van der Waals surface area contributed by atoms with Crippen LogP contribution in [-0.4, -0.2) is 33.1 Å². The average molecular weight is 463 g/mol. The summed E-state index contributed by atoms with van der Waals surface area (Å²) in [6.07, 6.45) is -4.20. The summed E-state index contributed by atoms with van der Waals surface area (Å²) in [5.41, 5.74) is 7.15. The lowest BCUT2D eigenvalue weighted by molar-refractivity contribution is -0.121. The molecule has 4 N–H and O–H groups in total. The zero-order valence-corrected chi connectivity index (χ0v) is 16.9. The molecule has 0 spiro atoms. The number of nitrogens with one attached hydrogen (secondary N) is 4. The van der Waals surface area contributed by atoms with Crippen LogP contribution in [0.4, 0.5) is 18.9 Å². The fraction of sp³-hybridized carbons (Fsp3) is 0.278. The number of hydrazine groups is 1. The third-order valence-corrected chi connectivity index (χ3v) is 6.02. The first-order valence-electron chi connectivity index (χ1n) is 8.77. The first-order valence-corrected chi connectivity index (χ1v) is 10.6. The van der Waals surface area contributed by atoms with Gasteiger partial charge in [-0.3, -0.25) is 4.79 Å². The van der Waals surface area contributed by atoms with Crippen molar-refractivity contribution in [3.63, 3.8) is 0 Å². The first kappa shape index (κ1) is 22.5. The summed E-state index contributed by atoms with van der Waals surface area (Å²) >= 11 is 5.99. The molecule has 1 amide bonds. The lowest BCUT2D eigenvalue weighted by atomic mass is 10.0. The molecule has 2 aromatic rings. The Labute approximate surface area is 176 Å². The highest BCUT2D eigenvalue weighted by molar-refractivity contribution is 7.89. The molecule has 0 radical (unpaired) electrons. The van der Waals surface area contributed by atoms with Gasteiger partial charge in [0.15, 0.2) is 0 Å². The summed E-state index contributed by atoms with van der Waals surface area (Å²) in [6.45, 7) is -1.66. The van der Waals surface area contributed by atoms with Crippen molar-refractivity contribution in [1.82, 2.24) is 15.6 Å². The number of halogens is 4. The van der Waals surface area contributed by atoms with Gasteiger partial charge >= 0.3 is 6.18 Å². The molecule has 12 heteroatoms. The minimum Gasteiger partial charge on any atom is -0.325 e. The Morgan fingerprint density at radius 2 is 1.83 bits per heavy atom. The zero-order chi connectivity index (χ0) is 21.9. The van der Waals surface area contributed by atoms with Crippen molar-refractivity contribution in [2.45, 2.75) is 29.6 Å². The van der Waals surface area contributed by atoms with Gasteiger partial charge in [0.1, 0.15) is 12.6 Å². The lowest BCUT2D eigenvalue weighted by Crippen LogP contribution is -2.39. The monoisotopic (exact) mass is 462 g/mol. The van der Waals surface area contributed by atoms with Crippen molar-refractivity contribution in [1.29, 1.82) is 0 Å². The smallest absolute Gasteiger partial charge is 0.325 e. The molecule has 1 saturated heterocycles. The van der Waals surface area contributed by atoms with Crippen LogP contribution in [0.3, 0.4) is 0 Å². The number of carbonyl (C=O) groups is 1. The molecule has 1 aliphatic rings. The van der Waals surface area contributed by atoms with Gasteiger partial charge in [0.2, 0.25) is 15.9 Å². The number of sulfonamides is 1. The van der Waals surface area contributed by atoms with Gasteiger partial charge in [-0.05, 0) is 48.4 Å². The van der Waals surface area contributed by atoms with Gasteiger partial charge in [-0.25, -0.2) is 24.0 Å². The van der Waals surface area contributed by atoms with Gasteiger partial charge in [-0.15, -0.1) is 0 Å². The molecule has 162 valence electrons. The number of carbonyl (C=O) groups excluding carboxylic acids is 1. The van der Waals surface area contributed by atoms with E-state index in [4.69, 9.17) is 11.6 Å². The second-order valence-electron chi connectivity index (χ2n) is 6.64. The summed E-state index contributed by atoms with van der Waals surface area (Å²) in [7, 11) is -4.31. The molecule has 2 atom stereocenters. The van der Waals surface area contributed by atoms with E-state index in [0.29, 0.717) is 17.1 Å². The Kier molecular flexibility index (Phi) is 6.68. The Balaban J connectivity index is 1.58.